The van der Waals surface area contributed by atoms with E-state index in [2.05, 4.69) is 10.2 Å². The number of carbonyl (C=O) groups is 1. The molecule has 0 aliphatic heterocycles. The van der Waals surface area contributed by atoms with E-state index in [-0.39, 0.29) is 23.2 Å². The van der Waals surface area contributed by atoms with Crippen LogP contribution in [-0.4, -0.2) is 27.7 Å². The molecule has 144 valence electrons. The largest absolute Gasteiger partial charge is 0.479 e. The van der Waals surface area contributed by atoms with Gasteiger partial charge in [0, 0.05) is 17.7 Å². The fourth-order valence-corrected chi connectivity index (χ4v) is 2.22. The third-order valence-corrected chi connectivity index (χ3v) is 3.60. The molecule has 0 saturated heterocycles. The molecule has 0 N–H and O–H groups in total. The van der Waals surface area contributed by atoms with Gasteiger partial charge in [-0.2, -0.15) is 0 Å². The number of carbonyl (C=O) groups excluding carboxylic acids is 1. The van der Waals surface area contributed by atoms with Gasteiger partial charge in [0.1, 0.15) is 0 Å². The Morgan fingerprint density at radius 2 is 1.93 bits per heavy atom. The summed E-state index contributed by atoms with van der Waals surface area (Å²) in [6, 6.07) is 11.2. The molecule has 1 atom stereocenters. The molecule has 10 heteroatoms. The molecule has 3 aromatic rings. The lowest BCUT2D eigenvalue weighted by Crippen LogP contribution is -2.17. The van der Waals surface area contributed by atoms with Crippen LogP contribution < -0.4 is 4.74 Å². The van der Waals surface area contributed by atoms with Crippen LogP contribution in [0.2, 0.25) is 0 Å². The molecule has 9 nitrogen and oxygen atoms in total. The van der Waals surface area contributed by atoms with Crippen LogP contribution in [0.3, 0.4) is 0 Å². The highest BCUT2D eigenvalue weighted by molar-refractivity contribution is 5.71. The highest BCUT2D eigenvalue weighted by Crippen LogP contribution is 2.24. The van der Waals surface area contributed by atoms with Crippen molar-refractivity contribution in [1.29, 1.82) is 0 Å². The van der Waals surface area contributed by atoms with Gasteiger partial charge < -0.3 is 13.9 Å². The van der Waals surface area contributed by atoms with Crippen LogP contribution in [-0.2, 0) is 9.53 Å². The summed E-state index contributed by atoms with van der Waals surface area (Å²) < 4.78 is 29.1. The number of para-hydroxylation sites is 1. The Morgan fingerprint density at radius 1 is 1.21 bits per heavy atom. The van der Waals surface area contributed by atoms with E-state index in [9.17, 15) is 19.3 Å². The first-order valence-electron chi connectivity index (χ1n) is 8.09. The quantitative estimate of drug-likeness (QED) is 0.344. The molecular formula is C18H14FN3O6. The Labute approximate surface area is 157 Å². The zero-order valence-corrected chi connectivity index (χ0v) is 14.6. The summed E-state index contributed by atoms with van der Waals surface area (Å²) in [5, 5.41) is 18.3. The van der Waals surface area contributed by atoms with Crippen LogP contribution in [0.5, 0.6) is 5.75 Å². The van der Waals surface area contributed by atoms with Gasteiger partial charge in [0.25, 0.3) is 11.6 Å². The number of nitro benzene ring substituents is 1. The van der Waals surface area contributed by atoms with Crippen LogP contribution >= 0.6 is 0 Å². The average molecular weight is 387 g/mol. The van der Waals surface area contributed by atoms with E-state index in [4.69, 9.17) is 13.9 Å². The molecule has 28 heavy (non-hydrogen) atoms. The molecule has 0 bridgehead atoms. The molecule has 0 aliphatic carbocycles. The van der Waals surface area contributed by atoms with E-state index in [1.807, 2.05) is 0 Å². The molecule has 3 rings (SSSR count). The highest BCUT2D eigenvalue weighted by Gasteiger charge is 2.20. The zero-order chi connectivity index (χ0) is 20.1. The highest BCUT2D eigenvalue weighted by atomic mass is 19.1. The van der Waals surface area contributed by atoms with Gasteiger partial charge in [-0.15, -0.1) is 10.2 Å². The summed E-state index contributed by atoms with van der Waals surface area (Å²) in [7, 11) is 0. The standard InChI is InChI=1S/C18H14FN3O6/c1-11(27-16(23)10-26-15-5-3-2-4-14(15)19)17-20-21-18(28-17)12-6-8-13(9-7-12)22(24)25/h2-9,11H,10H2,1H3/t11-/m1/s1. The minimum absolute atomic E-state index is 0.0348. The number of esters is 1. The van der Waals surface area contributed by atoms with Crippen molar-refractivity contribution in [2.24, 2.45) is 0 Å². The van der Waals surface area contributed by atoms with Crippen molar-refractivity contribution in [3.05, 3.63) is 70.4 Å². The van der Waals surface area contributed by atoms with Crippen molar-refractivity contribution < 1.29 is 28.0 Å². The maximum Gasteiger partial charge on any atom is 0.344 e. The lowest BCUT2D eigenvalue weighted by molar-refractivity contribution is -0.384. The number of non-ortho nitro benzene ring substituents is 1. The Morgan fingerprint density at radius 3 is 2.61 bits per heavy atom. The lowest BCUT2D eigenvalue weighted by Gasteiger charge is -2.10. The maximum absolute atomic E-state index is 13.5. The molecule has 0 spiro atoms. The fourth-order valence-electron chi connectivity index (χ4n) is 2.22. The number of hydrogen-bond donors (Lipinski definition) is 0. The SMILES string of the molecule is C[C@@H](OC(=O)COc1ccccc1F)c1nnc(-c2ccc([N+](=O)[O-])cc2)o1. The molecule has 2 aromatic carbocycles. The molecule has 1 aromatic heterocycles. The number of aromatic nitrogens is 2. The Balaban J connectivity index is 1.59. The third-order valence-electron chi connectivity index (χ3n) is 3.60. The van der Waals surface area contributed by atoms with Gasteiger partial charge in [-0.3, -0.25) is 10.1 Å². The molecule has 0 unspecified atom stereocenters. The van der Waals surface area contributed by atoms with Crippen molar-refractivity contribution in [2.45, 2.75) is 13.0 Å². The van der Waals surface area contributed by atoms with Crippen LogP contribution in [0.1, 0.15) is 18.9 Å². The molecule has 0 fully saturated rings. The second-order valence-corrected chi connectivity index (χ2v) is 5.60. The van der Waals surface area contributed by atoms with E-state index < -0.39 is 29.4 Å². The Bertz CT molecular complexity index is 989. The smallest absolute Gasteiger partial charge is 0.344 e. The zero-order valence-electron chi connectivity index (χ0n) is 14.6. The third kappa shape index (κ3) is 4.47. The van der Waals surface area contributed by atoms with E-state index in [1.54, 1.807) is 6.07 Å². The summed E-state index contributed by atoms with van der Waals surface area (Å²) in [5.41, 5.74) is 0.409. The predicted molar refractivity (Wildman–Crippen MR) is 92.8 cm³/mol. The topological polar surface area (TPSA) is 118 Å². The van der Waals surface area contributed by atoms with Gasteiger partial charge in [-0.25, -0.2) is 9.18 Å². The Kier molecular flexibility index (Phi) is 5.58. The normalized spacial score (nSPS) is 11.6. The van der Waals surface area contributed by atoms with Crippen molar-refractivity contribution in [3.8, 4) is 17.2 Å². The second-order valence-electron chi connectivity index (χ2n) is 5.60. The van der Waals surface area contributed by atoms with Crippen LogP contribution in [0.4, 0.5) is 10.1 Å². The summed E-state index contributed by atoms with van der Waals surface area (Å²) in [6.07, 6.45) is -0.865. The van der Waals surface area contributed by atoms with Crippen molar-refractivity contribution in [1.82, 2.24) is 10.2 Å². The molecule has 0 radical (unpaired) electrons. The molecule has 0 aliphatic rings. The second kappa shape index (κ2) is 8.25. The van der Waals surface area contributed by atoms with Crippen LogP contribution in [0.25, 0.3) is 11.5 Å². The van der Waals surface area contributed by atoms with E-state index in [0.29, 0.717) is 5.56 Å². The van der Waals surface area contributed by atoms with E-state index >= 15 is 0 Å². The number of hydrogen-bond acceptors (Lipinski definition) is 8. The molecule has 0 amide bonds. The predicted octanol–water partition coefficient (Wildman–Crippen LogP) is 3.47. The molecular weight excluding hydrogens is 373 g/mol. The average Bonchev–Trinajstić information content (AvgIpc) is 3.18. The molecule has 0 saturated carbocycles. The van der Waals surface area contributed by atoms with Gasteiger partial charge in [0.05, 0.1) is 4.92 Å². The lowest BCUT2D eigenvalue weighted by atomic mass is 10.2. The number of nitro groups is 1. The minimum Gasteiger partial charge on any atom is -0.479 e. The van der Waals surface area contributed by atoms with Crippen LogP contribution in [0, 0.1) is 15.9 Å². The summed E-state index contributed by atoms with van der Waals surface area (Å²) in [5.74, 6) is -1.24. The van der Waals surface area contributed by atoms with Crippen LogP contribution in [0.15, 0.2) is 52.9 Å². The van der Waals surface area contributed by atoms with Gasteiger partial charge in [0.2, 0.25) is 5.89 Å². The number of rotatable bonds is 7. The fraction of sp³-hybridized carbons (Fsp3) is 0.167. The summed E-state index contributed by atoms with van der Waals surface area (Å²) in [6.45, 7) is 1.03. The number of ether oxygens (including phenoxy) is 2. The maximum atomic E-state index is 13.5. The van der Waals surface area contributed by atoms with Crippen molar-refractivity contribution in [3.63, 3.8) is 0 Å². The van der Waals surface area contributed by atoms with E-state index in [0.717, 1.165) is 0 Å². The molecule has 1 heterocycles. The van der Waals surface area contributed by atoms with Gasteiger partial charge >= 0.3 is 5.97 Å². The minimum atomic E-state index is -0.865. The summed E-state index contributed by atoms with van der Waals surface area (Å²) in [4.78, 5) is 22.0. The first-order valence-corrected chi connectivity index (χ1v) is 8.09. The number of halogens is 1. The first kappa shape index (κ1) is 19.0. The van der Waals surface area contributed by atoms with Gasteiger partial charge in [-0.05, 0) is 31.2 Å². The van der Waals surface area contributed by atoms with Gasteiger partial charge in [0.15, 0.2) is 24.3 Å². The monoisotopic (exact) mass is 387 g/mol. The van der Waals surface area contributed by atoms with Crippen molar-refractivity contribution >= 4 is 11.7 Å². The van der Waals surface area contributed by atoms with Gasteiger partial charge in [-0.1, -0.05) is 12.1 Å². The number of nitrogens with zero attached hydrogens (tertiary/aromatic N) is 3. The van der Waals surface area contributed by atoms with E-state index in [1.165, 1.54) is 49.4 Å². The number of benzene rings is 2. The Hall–Kier alpha value is -3.82. The first-order chi connectivity index (χ1) is 13.4. The summed E-state index contributed by atoms with van der Waals surface area (Å²) >= 11 is 0. The van der Waals surface area contributed by atoms with Crippen molar-refractivity contribution in [2.75, 3.05) is 6.61 Å².